The average Bonchev–Trinajstić information content (AvgIpc) is 2.47. The Morgan fingerprint density at radius 1 is 0.923 bits per heavy atom. The zero-order valence-corrected chi connectivity index (χ0v) is 8.13. The molecule has 1 aromatic rings. The topological polar surface area (TPSA) is 0 Å². The van der Waals surface area contributed by atoms with Gasteiger partial charge >= 0.3 is 0 Å². The summed E-state index contributed by atoms with van der Waals surface area (Å²) in [7, 11) is 0. The van der Waals surface area contributed by atoms with Crippen molar-refractivity contribution in [3.05, 3.63) is 35.9 Å². The van der Waals surface area contributed by atoms with Gasteiger partial charge in [0.25, 0.3) is 0 Å². The first-order valence-electron chi connectivity index (χ1n) is 5.43. The SMILES string of the molecule is [c]1ccc(C2CCCCCC2)cc1. The molecule has 0 heteroatoms. The standard InChI is InChI=1S/C13H17/c1-2-5-9-12(8-4-1)13-10-6-3-7-11-13/h6-7,10-12H,1-2,4-5,8-9H2. The molecule has 0 atom stereocenters. The van der Waals surface area contributed by atoms with Crippen molar-refractivity contribution >= 4 is 0 Å². The average molecular weight is 173 g/mol. The van der Waals surface area contributed by atoms with Crippen molar-refractivity contribution in [2.75, 3.05) is 0 Å². The van der Waals surface area contributed by atoms with Crippen LogP contribution in [0, 0.1) is 6.07 Å². The van der Waals surface area contributed by atoms with E-state index in [-0.39, 0.29) is 0 Å². The minimum absolute atomic E-state index is 0.831. The first-order valence-corrected chi connectivity index (χ1v) is 5.43. The summed E-state index contributed by atoms with van der Waals surface area (Å²) in [6, 6.07) is 11.6. The van der Waals surface area contributed by atoms with Crippen LogP contribution in [-0.2, 0) is 0 Å². The number of rotatable bonds is 1. The second kappa shape index (κ2) is 4.45. The summed E-state index contributed by atoms with van der Waals surface area (Å²) in [6.07, 6.45) is 8.51. The zero-order valence-electron chi connectivity index (χ0n) is 8.13. The summed E-state index contributed by atoms with van der Waals surface area (Å²) in [5.74, 6) is 0.831. The van der Waals surface area contributed by atoms with Gasteiger partial charge in [0.1, 0.15) is 0 Å². The lowest BCUT2D eigenvalue weighted by molar-refractivity contribution is 0.592. The second-order valence-corrected chi connectivity index (χ2v) is 4.02. The highest BCUT2D eigenvalue weighted by molar-refractivity contribution is 5.18. The molecule has 13 heavy (non-hydrogen) atoms. The van der Waals surface area contributed by atoms with Crippen molar-refractivity contribution in [3.8, 4) is 0 Å². The maximum absolute atomic E-state index is 3.09. The minimum Gasteiger partial charge on any atom is -0.0581 e. The van der Waals surface area contributed by atoms with Crippen LogP contribution in [0.25, 0.3) is 0 Å². The second-order valence-electron chi connectivity index (χ2n) is 4.02. The van der Waals surface area contributed by atoms with Gasteiger partial charge in [0, 0.05) is 0 Å². The van der Waals surface area contributed by atoms with Crippen molar-refractivity contribution in [1.82, 2.24) is 0 Å². The Morgan fingerprint density at radius 2 is 1.54 bits per heavy atom. The van der Waals surface area contributed by atoms with E-state index in [0.29, 0.717) is 0 Å². The Hall–Kier alpha value is -0.780. The van der Waals surface area contributed by atoms with Crippen LogP contribution in [0.15, 0.2) is 24.3 Å². The first kappa shape index (κ1) is 8.80. The largest absolute Gasteiger partial charge is 0.0581 e. The van der Waals surface area contributed by atoms with E-state index in [1.54, 1.807) is 0 Å². The van der Waals surface area contributed by atoms with Gasteiger partial charge in [-0.3, -0.25) is 0 Å². The van der Waals surface area contributed by atoms with Gasteiger partial charge in [0.2, 0.25) is 0 Å². The van der Waals surface area contributed by atoms with Crippen molar-refractivity contribution in [1.29, 1.82) is 0 Å². The zero-order chi connectivity index (χ0) is 8.93. The quantitative estimate of drug-likeness (QED) is 0.564. The lowest BCUT2D eigenvalue weighted by atomic mass is 9.92. The van der Waals surface area contributed by atoms with Crippen molar-refractivity contribution in [2.24, 2.45) is 0 Å². The van der Waals surface area contributed by atoms with Gasteiger partial charge in [0.05, 0.1) is 0 Å². The molecular weight excluding hydrogens is 156 g/mol. The molecule has 0 saturated heterocycles. The summed E-state index contributed by atoms with van der Waals surface area (Å²) >= 11 is 0. The van der Waals surface area contributed by atoms with E-state index in [0.717, 1.165) is 5.92 Å². The smallest absolute Gasteiger partial charge is 0.0162 e. The molecule has 0 unspecified atom stereocenters. The highest BCUT2D eigenvalue weighted by Crippen LogP contribution is 2.30. The number of hydrogen-bond donors (Lipinski definition) is 0. The van der Waals surface area contributed by atoms with Gasteiger partial charge in [0.15, 0.2) is 0 Å². The molecule has 0 amide bonds. The molecule has 69 valence electrons. The van der Waals surface area contributed by atoms with E-state index in [4.69, 9.17) is 0 Å². The molecule has 0 heterocycles. The third kappa shape index (κ3) is 2.33. The van der Waals surface area contributed by atoms with Crippen LogP contribution in [0.5, 0.6) is 0 Å². The summed E-state index contributed by atoms with van der Waals surface area (Å²) < 4.78 is 0. The summed E-state index contributed by atoms with van der Waals surface area (Å²) in [4.78, 5) is 0. The fraction of sp³-hybridized carbons (Fsp3) is 0.538. The maximum atomic E-state index is 3.09. The van der Waals surface area contributed by atoms with Crippen molar-refractivity contribution < 1.29 is 0 Å². The third-order valence-electron chi connectivity index (χ3n) is 3.07. The van der Waals surface area contributed by atoms with E-state index >= 15 is 0 Å². The highest BCUT2D eigenvalue weighted by Gasteiger charge is 2.13. The predicted molar refractivity (Wildman–Crippen MR) is 55.7 cm³/mol. The van der Waals surface area contributed by atoms with Crippen LogP contribution in [0.2, 0.25) is 0 Å². The molecule has 0 aromatic heterocycles. The van der Waals surface area contributed by atoms with E-state index in [1.165, 1.54) is 44.1 Å². The summed E-state index contributed by atoms with van der Waals surface area (Å²) in [5.41, 5.74) is 1.53. The molecule has 1 fully saturated rings. The molecule has 0 spiro atoms. The molecule has 0 bridgehead atoms. The predicted octanol–water partition coefficient (Wildman–Crippen LogP) is 3.92. The van der Waals surface area contributed by atoms with Gasteiger partial charge in [-0.2, -0.15) is 0 Å². The van der Waals surface area contributed by atoms with Crippen LogP contribution in [0.3, 0.4) is 0 Å². The van der Waals surface area contributed by atoms with Crippen molar-refractivity contribution in [3.63, 3.8) is 0 Å². The fourth-order valence-electron chi connectivity index (χ4n) is 2.28. The molecule has 1 aromatic carbocycles. The van der Waals surface area contributed by atoms with E-state index < -0.39 is 0 Å². The number of hydrogen-bond acceptors (Lipinski definition) is 0. The Kier molecular flexibility index (Phi) is 3.02. The molecule has 0 N–H and O–H groups in total. The Labute approximate surface area is 81.0 Å². The lowest BCUT2D eigenvalue weighted by Gasteiger charge is -2.13. The summed E-state index contributed by atoms with van der Waals surface area (Å²) in [6.45, 7) is 0. The van der Waals surface area contributed by atoms with Gasteiger partial charge in [-0.1, -0.05) is 49.9 Å². The molecular formula is C13H17. The monoisotopic (exact) mass is 173 g/mol. The normalized spacial score (nSPS) is 19.7. The maximum Gasteiger partial charge on any atom is -0.0162 e. The molecule has 1 aliphatic rings. The van der Waals surface area contributed by atoms with Crippen LogP contribution >= 0.6 is 0 Å². The van der Waals surface area contributed by atoms with E-state index in [9.17, 15) is 0 Å². The van der Waals surface area contributed by atoms with Crippen LogP contribution < -0.4 is 0 Å². The molecule has 2 rings (SSSR count). The Bertz CT molecular complexity index is 229. The fourth-order valence-corrected chi connectivity index (χ4v) is 2.28. The van der Waals surface area contributed by atoms with Crippen LogP contribution in [0.1, 0.15) is 50.0 Å². The molecule has 1 radical (unpaired) electrons. The minimum atomic E-state index is 0.831. The molecule has 0 nitrogen and oxygen atoms in total. The molecule has 0 aliphatic heterocycles. The van der Waals surface area contributed by atoms with E-state index in [1.807, 2.05) is 12.1 Å². The van der Waals surface area contributed by atoms with Crippen molar-refractivity contribution in [2.45, 2.75) is 44.4 Å². The highest BCUT2D eigenvalue weighted by atomic mass is 14.2. The van der Waals surface area contributed by atoms with Crippen LogP contribution in [0.4, 0.5) is 0 Å². The van der Waals surface area contributed by atoms with Gasteiger partial charge in [-0.05, 0) is 30.4 Å². The Morgan fingerprint density at radius 3 is 2.15 bits per heavy atom. The summed E-state index contributed by atoms with van der Waals surface area (Å²) in [5, 5.41) is 0. The van der Waals surface area contributed by atoms with Crippen LogP contribution in [-0.4, -0.2) is 0 Å². The molecule has 1 aliphatic carbocycles. The third-order valence-corrected chi connectivity index (χ3v) is 3.07. The Balaban J connectivity index is 2.06. The van der Waals surface area contributed by atoms with Gasteiger partial charge in [-0.15, -0.1) is 0 Å². The van der Waals surface area contributed by atoms with E-state index in [2.05, 4.69) is 18.2 Å². The van der Waals surface area contributed by atoms with Gasteiger partial charge in [-0.25, -0.2) is 0 Å². The van der Waals surface area contributed by atoms with Gasteiger partial charge < -0.3 is 0 Å². The number of benzene rings is 1. The first-order chi connectivity index (χ1) is 6.47. The molecule has 1 saturated carbocycles. The lowest BCUT2D eigenvalue weighted by Crippen LogP contribution is -1.96.